The van der Waals surface area contributed by atoms with Crippen molar-refractivity contribution in [2.24, 2.45) is 0 Å². The van der Waals surface area contributed by atoms with Crippen LogP contribution >= 0.6 is 7.26 Å². The third-order valence-electron chi connectivity index (χ3n) is 5.23. The SMILES string of the molecule is Cc1ccccc1[PH](CC(=O)O)(c1ccccc1C)c1ccccc1C.[Pd]. The van der Waals surface area contributed by atoms with E-state index in [1.54, 1.807) is 0 Å². The molecule has 3 rings (SSSR count). The van der Waals surface area contributed by atoms with E-state index in [1.807, 2.05) is 36.4 Å². The van der Waals surface area contributed by atoms with Crippen LogP contribution in [0.15, 0.2) is 72.8 Å². The minimum absolute atomic E-state index is 0. The van der Waals surface area contributed by atoms with Crippen molar-refractivity contribution in [1.82, 2.24) is 0 Å². The molecule has 0 aliphatic heterocycles. The maximum Gasteiger partial charge on any atom is 0 e. The van der Waals surface area contributed by atoms with Crippen LogP contribution in [0.2, 0.25) is 0 Å². The Morgan fingerprint density at radius 1 is 0.704 bits per heavy atom. The van der Waals surface area contributed by atoms with Gasteiger partial charge in [-0.1, -0.05) is 0 Å². The molecule has 0 heterocycles. The second kappa shape index (κ2) is 8.94. The number of rotatable bonds is 5. The summed E-state index contributed by atoms with van der Waals surface area (Å²) in [6, 6.07) is 24.8. The van der Waals surface area contributed by atoms with E-state index in [-0.39, 0.29) is 26.6 Å². The summed E-state index contributed by atoms with van der Waals surface area (Å²) in [5, 5.41) is 13.5. The van der Waals surface area contributed by atoms with Crippen LogP contribution in [-0.2, 0) is 25.2 Å². The quantitative estimate of drug-likeness (QED) is 0.456. The van der Waals surface area contributed by atoms with E-state index in [1.165, 1.54) is 15.9 Å². The van der Waals surface area contributed by atoms with Gasteiger partial charge in [0.2, 0.25) is 0 Å². The predicted octanol–water partition coefficient (Wildman–Crippen LogP) is 3.72. The third-order valence-corrected chi connectivity index (χ3v) is 10.5. The third kappa shape index (κ3) is 4.07. The molecule has 144 valence electrons. The molecular weight excluding hydrogens is 446 g/mol. The molecule has 0 saturated carbocycles. The minimum atomic E-state index is -2.72. The van der Waals surface area contributed by atoms with Gasteiger partial charge in [-0.3, -0.25) is 0 Å². The Morgan fingerprint density at radius 3 is 1.26 bits per heavy atom. The van der Waals surface area contributed by atoms with Gasteiger partial charge in [0, 0.05) is 20.4 Å². The van der Waals surface area contributed by atoms with Crippen LogP contribution in [0.25, 0.3) is 0 Å². The second-order valence-electron chi connectivity index (χ2n) is 6.92. The van der Waals surface area contributed by atoms with Crippen molar-refractivity contribution in [1.29, 1.82) is 0 Å². The van der Waals surface area contributed by atoms with Crippen molar-refractivity contribution in [3.8, 4) is 0 Å². The maximum atomic E-state index is 12.1. The Labute approximate surface area is 175 Å². The van der Waals surface area contributed by atoms with Crippen molar-refractivity contribution < 1.29 is 30.3 Å². The summed E-state index contributed by atoms with van der Waals surface area (Å²) in [7, 11) is -2.72. The van der Waals surface area contributed by atoms with Crippen molar-refractivity contribution in [3.05, 3.63) is 89.5 Å². The Morgan fingerprint density at radius 2 is 1.00 bits per heavy atom. The van der Waals surface area contributed by atoms with Crippen LogP contribution in [0.3, 0.4) is 0 Å². The van der Waals surface area contributed by atoms with E-state index in [9.17, 15) is 9.90 Å². The van der Waals surface area contributed by atoms with Gasteiger partial charge in [0.05, 0.1) is 0 Å². The summed E-state index contributed by atoms with van der Waals surface area (Å²) >= 11 is 0. The monoisotopic (exact) mass is 470 g/mol. The Balaban J connectivity index is 0.00000261. The van der Waals surface area contributed by atoms with Crippen molar-refractivity contribution in [2.75, 3.05) is 6.16 Å². The normalized spacial score (nSPS) is 11.5. The van der Waals surface area contributed by atoms with Crippen LogP contribution in [0.1, 0.15) is 16.7 Å². The molecule has 0 spiro atoms. The van der Waals surface area contributed by atoms with E-state index in [0.29, 0.717) is 0 Å². The fraction of sp³-hybridized carbons (Fsp3) is 0.174. The number of aliphatic carboxylic acids is 1. The number of carboxylic acids is 1. The fourth-order valence-electron chi connectivity index (χ4n) is 4.10. The van der Waals surface area contributed by atoms with E-state index >= 15 is 0 Å². The Bertz CT molecular complexity index is 841. The maximum absolute atomic E-state index is 12.1. The molecule has 0 radical (unpaired) electrons. The first-order chi connectivity index (χ1) is 12.5. The number of hydrogen-bond acceptors (Lipinski definition) is 1. The molecule has 0 bridgehead atoms. The van der Waals surface area contributed by atoms with Crippen LogP contribution in [0, 0.1) is 20.8 Å². The van der Waals surface area contributed by atoms with Crippen molar-refractivity contribution in [3.63, 3.8) is 0 Å². The first-order valence-corrected chi connectivity index (χ1v) is 11.1. The van der Waals surface area contributed by atoms with Gasteiger partial charge in [-0.15, -0.1) is 0 Å². The standard InChI is InChI=1S/C23H25O2P.Pd/c1-17-10-4-7-13-20(17)26(16-23(24)25,21-14-8-5-11-18(21)2)22-15-9-6-12-19(22)3;/h4-15,26H,16H2,1-3H3,(H,24,25);. The molecule has 0 fully saturated rings. The smallest absolute Gasteiger partial charge is 0 e. The van der Waals surface area contributed by atoms with Gasteiger partial charge in [-0.25, -0.2) is 0 Å². The van der Waals surface area contributed by atoms with E-state index in [2.05, 4.69) is 57.2 Å². The van der Waals surface area contributed by atoms with Crippen LogP contribution < -0.4 is 15.9 Å². The summed E-state index contributed by atoms with van der Waals surface area (Å²) in [6.45, 7) is 6.28. The van der Waals surface area contributed by atoms with Gasteiger partial charge in [-0.05, 0) is 0 Å². The first kappa shape index (κ1) is 21.5. The van der Waals surface area contributed by atoms with Gasteiger partial charge in [-0.2, -0.15) is 0 Å². The summed E-state index contributed by atoms with van der Waals surface area (Å²) in [5.74, 6) is -0.744. The van der Waals surface area contributed by atoms with Crippen LogP contribution in [0.4, 0.5) is 0 Å². The number of carbonyl (C=O) groups is 1. The molecule has 27 heavy (non-hydrogen) atoms. The molecule has 3 aromatic rings. The molecule has 0 atom stereocenters. The van der Waals surface area contributed by atoms with Gasteiger partial charge in [0.15, 0.2) is 0 Å². The molecule has 3 aromatic carbocycles. The fourth-order valence-corrected chi connectivity index (χ4v) is 9.41. The van der Waals surface area contributed by atoms with Crippen LogP contribution in [-0.4, -0.2) is 17.2 Å². The molecule has 0 saturated heterocycles. The average Bonchev–Trinajstić information content (AvgIpc) is 2.61. The van der Waals surface area contributed by atoms with E-state index < -0.39 is 13.2 Å². The number of carboxylic acid groups (broad SMARTS) is 1. The molecule has 0 amide bonds. The molecule has 0 unspecified atom stereocenters. The first-order valence-electron chi connectivity index (χ1n) is 8.87. The average molecular weight is 471 g/mol. The zero-order valence-corrected chi connectivity index (χ0v) is 18.4. The van der Waals surface area contributed by atoms with E-state index in [0.717, 1.165) is 16.7 Å². The molecule has 4 heteroatoms. The largest absolute Gasteiger partial charge is 0 e. The number of aryl methyl sites for hydroxylation is 3. The summed E-state index contributed by atoms with van der Waals surface area (Å²) in [5.41, 5.74) is 3.48. The Kier molecular flexibility index (Phi) is 7.13. The van der Waals surface area contributed by atoms with Gasteiger partial charge >= 0.3 is 155 Å². The zero-order chi connectivity index (χ0) is 18.7. The number of hydrogen-bond donors (Lipinski definition) is 1. The molecule has 1 N–H and O–H groups in total. The van der Waals surface area contributed by atoms with Gasteiger partial charge in [0.1, 0.15) is 0 Å². The minimum Gasteiger partial charge on any atom is 0 e. The van der Waals surface area contributed by atoms with Crippen molar-refractivity contribution in [2.45, 2.75) is 20.8 Å². The molecular formula is C23H25O2PPd. The van der Waals surface area contributed by atoms with Gasteiger partial charge in [0.25, 0.3) is 0 Å². The zero-order valence-electron chi connectivity index (χ0n) is 15.8. The van der Waals surface area contributed by atoms with Crippen molar-refractivity contribution >= 4 is 29.1 Å². The van der Waals surface area contributed by atoms with Crippen LogP contribution in [0.5, 0.6) is 0 Å². The molecule has 2 nitrogen and oxygen atoms in total. The summed E-state index contributed by atoms with van der Waals surface area (Å²) in [4.78, 5) is 12.1. The molecule has 0 aliphatic carbocycles. The summed E-state index contributed by atoms with van der Waals surface area (Å²) in [6.07, 6.45) is 0.146. The molecule has 0 aliphatic rings. The number of benzene rings is 3. The van der Waals surface area contributed by atoms with Gasteiger partial charge < -0.3 is 0 Å². The predicted molar refractivity (Wildman–Crippen MR) is 113 cm³/mol. The molecule has 0 aromatic heterocycles. The Hall–Kier alpha value is -1.78. The van der Waals surface area contributed by atoms with E-state index in [4.69, 9.17) is 0 Å². The summed E-state index contributed by atoms with van der Waals surface area (Å²) < 4.78 is 0. The topological polar surface area (TPSA) is 37.3 Å². The second-order valence-corrected chi connectivity index (χ2v) is 10.7.